The molecule has 0 radical (unpaired) electrons. The Bertz CT molecular complexity index is 1250. The second-order valence-corrected chi connectivity index (χ2v) is 8.79. The van der Waals surface area contributed by atoms with Crippen LogP contribution in [-0.4, -0.2) is 61.1 Å². The third-order valence-corrected chi connectivity index (χ3v) is 6.02. The van der Waals surface area contributed by atoms with Crippen molar-refractivity contribution in [3.05, 3.63) is 65.2 Å². The van der Waals surface area contributed by atoms with Crippen molar-refractivity contribution in [2.75, 3.05) is 13.6 Å². The fourth-order valence-electron chi connectivity index (χ4n) is 4.22. The van der Waals surface area contributed by atoms with E-state index in [-0.39, 0.29) is 11.7 Å². The van der Waals surface area contributed by atoms with Crippen LogP contribution in [-0.2, 0) is 11.2 Å². The third-order valence-electron chi connectivity index (χ3n) is 6.02. The molecule has 2 atom stereocenters. The molecule has 2 heterocycles. The van der Waals surface area contributed by atoms with Crippen molar-refractivity contribution >= 4 is 12.3 Å². The molecule has 4 rings (SSSR count). The zero-order valence-electron chi connectivity index (χ0n) is 19.3. The SMILES string of the molecule is CN(C=O)CC[C@@](C)(O)C#Cc1cccc(-n2nc(C(N)=O)c3c2CCC[C@@H]3n2cccn2)c1. The van der Waals surface area contributed by atoms with Crippen LogP contribution >= 0.6 is 0 Å². The fourth-order valence-corrected chi connectivity index (χ4v) is 4.22. The van der Waals surface area contributed by atoms with E-state index < -0.39 is 11.5 Å². The molecule has 1 aliphatic carbocycles. The van der Waals surface area contributed by atoms with E-state index in [1.807, 2.05) is 41.2 Å². The first-order valence-electron chi connectivity index (χ1n) is 11.2. The van der Waals surface area contributed by atoms with Gasteiger partial charge in [-0.05, 0) is 50.5 Å². The van der Waals surface area contributed by atoms with Crippen molar-refractivity contribution in [1.29, 1.82) is 0 Å². The van der Waals surface area contributed by atoms with E-state index in [4.69, 9.17) is 5.73 Å². The summed E-state index contributed by atoms with van der Waals surface area (Å²) in [5, 5.41) is 19.5. The lowest BCUT2D eigenvalue weighted by atomic mass is 9.90. The van der Waals surface area contributed by atoms with Crippen LogP contribution in [0.5, 0.6) is 0 Å². The molecule has 9 heteroatoms. The van der Waals surface area contributed by atoms with Crippen molar-refractivity contribution in [1.82, 2.24) is 24.5 Å². The molecule has 0 aliphatic heterocycles. The Balaban J connectivity index is 1.68. The summed E-state index contributed by atoms with van der Waals surface area (Å²) in [6, 6.07) is 9.24. The first-order valence-corrected chi connectivity index (χ1v) is 11.2. The average molecular weight is 461 g/mol. The van der Waals surface area contributed by atoms with Gasteiger partial charge in [-0.2, -0.15) is 10.2 Å². The summed E-state index contributed by atoms with van der Waals surface area (Å²) in [7, 11) is 1.65. The van der Waals surface area contributed by atoms with Crippen molar-refractivity contribution < 1.29 is 14.7 Å². The predicted octanol–water partition coefficient (Wildman–Crippen LogP) is 1.67. The van der Waals surface area contributed by atoms with Crippen LogP contribution in [0, 0.1) is 11.8 Å². The molecule has 3 aromatic rings. The zero-order chi connectivity index (χ0) is 24.3. The number of nitrogens with two attached hydrogens (primary N) is 1. The maximum Gasteiger partial charge on any atom is 0.269 e. The van der Waals surface area contributed by atoms with Crippen LogP contribution in [0.15, 0.2) is 42.7 Å². The highest BCUT2D eigenvalue weighted by atomic mass is 16.3. The number of carbonyl (C=O) groups is 2. The minimum Gasteiger partial charge on any atom is -0.378 e. The van der Waals surface area contributed by atoms with Gasteiger partial charge in [0.2, 0.25) is 6.41 Å². The summed E-state index contributed by atoms with van der Waals surface area (Å²) in [5.74, 6) is 5.35. The van der Waals surface area contributed by atoms with Gasteiger partial charge in [0.05, 0.1) is 17.4 Å². The molecule has 9 nitrogen and oxygen atoms in total. The number of primary amides is 1. The Morgan fingerprint density at radius 2 is 2.24 bits per heavy atom. The predicted molar refractivity (Wildman–Crippen MR) is 126 cm³/mol. The molecule has 0 unspecified atom stereocenters. The summed E-state index contributed by atoms with van der Waals surface area (Å²) < 4.78 is 3.62. The monoisotopic (exact) mass is 460 g/mol. The van der Waals surface area contributed by atoms with E-state index in [2.05, 4.69) is 22.0 Å². The summed E-state index contributed by atoms with van der Waals surface area (Å²) in [6.45, 7) is 2.03. The molecule has 0 spiro atoms. The lowest BCUT2D eigenvalue weighted by Crippen LogP contribution is -2.29. The Hall–Kier alpha value is -3.90. The molecule has 1 aromatic carbocycles. The van der Waals surface area contributed by atoms with Gasteiger partial charge in [0.25, 0.3) is 5.91 Å². The van der Waals surface area contributed by atoms with E-state index in [0.29, 0.717) is 18.5 Å². The molecule has 2 amide bonds. The van der Waals surface area contributed by atoms with Crippen LogP contribution in [0.2, 0.25) is 0 Å². The smallest absolute Gasteiger partial charge is 0.269 e. The molecule has 2 aromatic heterocycles. The van der Waals surface area contributed by atoms with Crippen LogP contribution < -0.4 is 5.73 Å². The molecule has 0 bridgehead atoms. The maximum absolute atomic E-state index is 12.3. The normalized spacial score (nSPS) is 16.6. The molecule has 176 valence electrons. The Kier molecular flexibility index (Phi) is 6.52. The average Bonchev–Trinajstić information content (AvgIpc) is 3.50. The highest BCUT2D eigenvalue weighted by Gasteiger charge is 2.32. The highest BCUT2D eigenvalue weighted by Crippen LogP contribution is 2.36. The quantitative estimate of drug-likeness (QED) is 0.411. The van der Waals surface area contributed by atoms with E-state index >= 15 is 0 Å². The topological polar surface area (TPSA) is 119 Å². The molecule has 0 saturated carbocycles. The Labute approximate surface area is 198 Å². The van der Waals surface area contributed by atoms with Gasteiger partial charge in [0.1, 0.15) is 5.60 Å². The van der Waals surface area contributed by atoms with Crippen LogP contribution in [0.4, 0.5) is 0 Å². The van der Waals surface area contributed by atoms with Gasteiger partial charge in [-0.25, -0.2) is 4.68 Å². The van der Waals surface area contributed by atoms with Crippen molar-refractivity contribution in [2.24, 2.45) is 5.73 Å². The molecular weight excluding hydrogens is 432 g/mol. The highest BCUT2D eigenvalue weighted by molar-refractivity contribution is 5.93. The van der Waals surface area contributed by atoms with E-state index in [1.54, 1.807) is 24.9 Å². The van der Waals surface area contributed by atoms with Gasteiger partial charge in [0, 0.05) is 43.5 Å². The minimum atomic E-state index is -1.24. The van der Waals surface area contributed by atoms with E-state index in [1.165, 1.54) is 4.90 Å². The molecule has 0 fully saturated rings. The lowest BCUT2D eigenvalue weighted by Gasteiger charge is -2.24. The van der Waals surface area contributed by atoms with Gasteiger partial charge in [0.15, 0.2) is 5.69 Å². The summed E-state index contributed by atoms with van der Waals surface area (Å²) in [6.07, 6.45) is 7.20. The van der Waals surface area contributed by atoms with Gasteiger partial charge in [-0.1, -0.05) is 17.9 Å². The van der Waals surface area contributed by atoms with Gasteiger partial charge in [-0.15, -0.1) is 0 Å². The number of hydrogen-bond donors (Lipinski definition) is 2. The minimum absolute atomic E-state index is 0.0995. The van der Waals surface area contributed by atoms with Crippen molar-refractivity contribution in [2.45, 2.75) is 44.2 Å². The number of nitrogens with zero attached hydrogens (tertiary/aromatic N) is 5. The van der Waals surface area contributed by atoms with Crippen LogP contribution in [0.3, 0.4) is 0 Å². The number of benzene rings is 1. The van der Waals surface area contributed by atoms with Crippen molar-refractivity contribution in [3.8, 4) is 17.5 Å². The number of aliphatic hydroxyl groups is 1. The number of hydrogen-bond acceptors (Lipinski definition) is 5. The summed E-state index contributed by atoms with van der Waals surface area (Å²) >= 11 is 0. The second kappa shape index (κ2) is 9.53. The summed E-state index contributed by atoms with van der Waals surface area (Å²) in [4.78, 5) is 24.5. The number of rotatable bonds is 7. The van der Waals surface area contributed by atoms with Crippen LogP contribution in [0.1, 0.15) is 59.5 Å². The zero-order valence-corrected chi connectivity index (χ0v) is 19.3. The molecule has 0 saturated heterocycles. The third kappa shape index (κ3) is 4.87. The number of fused-ring (bicyclic) bond motifs is 1. The molecule has 1 aliphatic rings. The Morgan fingerprint density at radius 3 is 2.94 bits per heavy atom. The molecule has 34 heavy (non-hydrogen) atoms. The van der Waals surface area contributed by atoms with Crippen LogP contribution in [0.25, 0.3) is 5.69 Å². The Morgan fingerprint density at radius 1 is 1.41 bits per heavy atom. The van der Waals surface area contributed by atoms with Crippen molar-refractivity contribution in [3.63, 3.8) is 0 Å². The molecular formula is C25H28N6O3. The summed E-state index contributed by atoms with van der Waals surface area (Å²) in [5.41, 5.74) is 7.95. The molecule has 3 N–H and O–H groups in total. The fraction of sp³-hybridized carbons (Fsp3) is 0.360. The maximum atomic E-state index is 12.3. The number of aromatic nitrogens is 4. The standard InChI is InChI=1S/C25H28N6O3/c1-25(34,12-15-29(2)17-32)11-10-18-6-3-7-19(16-18)31-21-9-4-8-20(30-14-5-13-27-30)22(21)23(28-31)24(26)33/h3,5-7,13-14,16-17,20,34H,4,8-9,12,15H2,1-2H3,(H2,26,33)/t20-,25-/m0/s1. The largest absolute Gasteiger partial charge is 0.378 e. The first-order chi connectivity index (χ1) is 16.3. The van der Waals surface area contributed by atoms with Gasteiger partial charge < -0.3 is 15.7 Å². The number of carbonyl (C=O) groups excluding carboxylic acids is 2. The van der Waals surface area contributed by atoms with Gasteiger partial charge >= 0.3 is 0 Å². The van der Waals surface area contributed by atoms with E-state index in [9.17, 15) is 14.7 Å². The number of amides is 2. The lowest BCUT2D eigenvalue weighted by molar-refractivity contribution is -0.117. The van der Waals surface area contributed by atoms with Gasteiger partial charge in [-0.3, -0.25) is 14.3 Å². The second-order valence-electron chi connectivity index (χ2n) is 8.79. The first kappa shape index (κ1) is 23.3. The van der Waals surface area contributed by atoms with E-state index in [0.717, 1.165) is 42.6 Å².